The summed E-state index contributed by atoms with van der Waals surface area (Å²) in [7, 11) is 0. The maximum Gasteiger partial charge on any atom is 0.237 e. The molecule has 0 unspecified atom stereocenters. The highest BCUT2D eigenvalue weighted by Gasteiger charge is 2.32. The molecule has 4 nitrogen and oxygen atoms in total. The Morgan fingerprint density at radius 1 is 1.29 bits per heavy atom. The van der Waals surface area contributed by atoms with Crippen molar-refractivity contribution in [2.75, 3.05) is 26.2 Å². The van der Waals surface area contributed by atoms with E-state index in [2.05, 4.69) is 10.2 Å². The van der Waals surface area contributed by atoms with Crippen molar-refractivity contribution < 1.29 is 4.79 Å². The third-order valence-electron chi connectivity index (χ3n) is 2.51. The molecule has 0 aromatic carbocycles. The van der Waals surface area contributed by atoms with Gasteiger partial charge in [0.1, 0.15) is 0 Å². The highest BCUT2D eigenvalue weighted by atomic mass is 35.5. The van der Waals surface area contributed by atoms with Gasteiger partial charge in [-0.15, -0.1) is 24.8 Å². The van der Waals surface area contributed by atoms with Crippen LogP contribution in [-0.2, 0) is 4.79 Å². The SMILES string of the molecule is CC(C)(C(N)=O)N1CCNCC1.Cl.Cl. The van der Waals surface area contributed by atoms with Gasteiger partial charge in [-0.2, -0.15) is 0 Å². The van der Waals surface area contributed by atoms with Crippen molar-refractivity contribution in [2.45, 2.75) is 19.4 Å². The van der Waals surface area contributed by atoms with Crippen LogP contribution in [-0.4, -0.2) is 42.5 Å². The van der Waals surface area contributed by atoms with Gasteiger partial charge in [-0.1, -0.05) is 0 Å². The Hall–Kier alpha value is -0.0300. The zero-order valence-electron chi connectivity index (χ0n) is 8.58. The summed E-state index contributed by atoms with van der Waals surface area (Å²) >= 11 is 0. The molecule has 0 aliphatic carbocycles. The molecule has 0 spiro atoms. The molecular weight excluding hydrogens is 225 g/mol. The van der Waals surface area contributed by atoms with Gasteiger partial charge in [0.15, 0.2) is 0 Å². The van der Waals surface area contributed by atoms with Gasteiger partial charge in [-0.3, -0.25) is 9.69 Å². The Bertz CT molecular complexity index is 181. The number of primary amides is 1. The zero-order valence-corrected chi connectivity index (χ0v) is 10.2. The van der Waals surface area contributed by atoms with Crippen molar-refractivity contribution in [3.05, 3.63) is 0 Å². The number of nitrogens with zero attached hydrogens (tertiary/aromatic N) is 1. The third-order valence-corrected chi connectivity index (χ3v) is 2.51. The van der Waals surface area contributed by atoms with Crippen LogP contribution in [0.5, 0.6) is 0 Å². The predicted molar refractivity (Wildman–Crippen MR) is 62.2 cm³/mol. The summed E-state index contributed by atoms with van der Waals surface area (Å²) in [5.41, 5.74) is 4.80. The molecule has 0 saturated carbocycles. The molecule has 6 heteroatoms. The maximum atomic E-state index is 11.1. The minimum Gasteiger partial charge on any atom is -0.368 e. The fourth-order valence-electron chi connectivity index (χ4n) is 1.38. The summed E-state index contributed by atoms with van der Waals surface area (Å²) in [6.07, 6.45) is 0. The summed E-state index contributed by atoms with van der Waals surface area (Å²) in [6.45, 7) is 7.43. The first-order chi connectivity index (χ1) is 5.55. The number of piperazine rings is 1. The lowest BCUT2D eigenvalue weighted by Gasteiger charge is -2.38. The number of carbonyl (C=O) groups is 1. The molecule has 1 rings (SSSR count). The minimum absolute atomic E-state index is 0. The molecule has 1 aliphatic heterocycles. The Kier molecular flexibility index (Phi) is 7.56. The van der Waals surface area contributed by atoms with Gasteiger partial charge in [0, 0.05) is 26.2 Å². The van der Waals surface area contributed by atoms with E-state index in [-0.39, 0.29) is 30.7 Å². The van der Waals surface area contributed by atoms with Crippen molar-refractivity contribution in [2.24, 2.45) is 5.73 Å². The van der Waals surface area contributed by atoms with Crippen LogP contribution in [0.2, 0.25) is 0 Å². The van der Waals surface area contributed by atoms with E-state index in [1.165, 1.54) is 0 Å². The number of carbonyl (C=O) groups excluding carboxylic acids is 1. The smallest absolute Gasteiger partial charge is 0.237 e. The molecule has 0 radical (unpaired) electrons. The molecule has 3 N–H and O–H groups in total. The number of halogens is 2. The van der Waals surface area contributed by atoms with Crippen LogP contribution in [0.1, 0.15) is 13.8 Å². The molecule has 0 atom stereocenters. The van der Waals surface area contributed by atoms with Crippen molar-refractivity contribution >= 4 is 30.7 Å². The number of amides is 1. The van der Waals surface area contributed by atoms with Gasteiger partial charge in [-0.05, 0) is 13.8 Å². The van der Waals surface area contributed by atoms with Gasteiger partial charge >= 0.3 is 0 Å². The second-order valence-electron chi connectivity index (χ2n) is 3.66. The van der Waals surface area contributed by atoms with Gasteiger partial charge in [0.05, 0.1) is 5.54 Å². The first-order valence-electron chi connectivity index (χ1n) is 4.31. The molecule has 14 heavy (non-hydrogen) atoms. The van der Waals surface area contributed by atoms with Crippen molar-refractivity contribution in [3.63, 3.8) is 0 Å². The summed E-state index contributed by atoms with van der Waals surface area (Å²) in [4.78, 5) is 13.2. The maximum absolute atomic E-state index is 11.1. The molecule has 1 saturated heterocycles. The van der Waals surface area contributed by atoms with E-state index in [1.807, 2.05) is 13.8 Å². The van der Waals surface area contributed by atoms with Crippen LogP contribution < -0.4 is 11.1 Å². The highest BCUT2D eigenvalue weighted by Crippen LogP contribution is 2.13. The van der Waals surface area contributed by atoms with Crippen LogP contribution in [0.3, 0.4) is 0 Å². The molecule has 0 aromatic heterocycles. The van der Waals surface area contributed by atoms with Crippen LogP contribution in [0, 0.1) is 0 Å². The number of nitrogens with two attached hydrogens (primary N) is 1. The predicted octanol–water partition coefficient (Wildman–Crippen LogP) is -0.000900. The monoisotopic (exact) mass is 243 g/mol. The molecule has 1 amide bonds. The van der Waals surface area contributed by atoms with Crippen LogP contribution >= 0.6 is 24.8 Å². The average Bonchev–Trinajstić information content (AvgIpc) is 2.06. The number of rotatable bonds is 2. The Balaban J connectivity index is 0. The van der Waals surface area contributed by atoms with Gasteiger partial charge in [0.25, 0.3) is 0 Å². The van der Waals surface area contributed by atoms with Gasteiger partial charge in [0.2, 0.25) is 5.91 Å². The second-order valence-corrected chi connectivity index (χ2v) is 3.66. The average molecular weight is 244 g/mol. The minimum atomic E-state index is -0.498. The number of hydrogen-bond acceptors (Lipinski definition) is 3. The van der Waals surface area contributed by atoms with E-state index < -0.39 is 5.54 Å². The molecular formula is C8H19Cl2N3O. The van der Waals surface area contributed by atoms with Gasteiger partial charge in [-0.25, -0.2) is 0 Å². The summed E-state index contributed by atoms with van der Waals surface area (Å²) in [5.74, 6) is -0.246. The fraction of sp³-hybridized carbons (Fsp3) is 0.875. The lowest BCUT2D eigenvalue weighted by Crippen LogP contribution is -2.58. The molecule has 1 heterocycles. The first-order valence-corrected chi connectivity index (χ1v) is 4.31. The van der Waals surface area contributed by atoms with Crippen molar-refractivity contribution in [1.82, 2.24) is 10.2 Å². The van der Waals surface area contributed by atoms with Crippen LogP contribution in [0.15, 0.2) is 0 Å². The van der Waals surface area contributed by atoms with E-state index in [1.54, 1.807) is 0 Å². The Labute approximate surface area is 97.4 Å². The Morgan fingerprint density at radius 2 is 1.71 bits per heavy atom. The summed E-state index contributed by atoms with van der Waals surface area (Å²) in [6, 6.07) is 0. The van der Waals surface area contributed by atoms with E-state index in [4.69, 9.17) is 5.73 Å². The standard InChI is InChI=1S/C8H17N3O.2ClH/c1-8(2,7(9)12)11-5-3-10-4-6-11;;/h10H,3-6H2,1-2H3,(H2,9,12);2*1H. The molecule has 1 fully saturated rings. The third kappa shape index (κ3) is 3.61. The van der Waals surface area contributed by atoms with Gasteiger partial charge < -0.3 is 11.1 Å². The zero-order chi connectivity index (χ0) is 9.19. The quantitative estimate of drug-likeness (QED) is 0.718. The van der Waals surface area contributed by atoms with Crippen LogP contribution in [0.4, 0.5) is 0 Å². The molecule has 0 bridgehead atoms. The number of hydrogen-bond donors (Lipinski definition) is 2. The summed E-state index contributed by atoms with van der Waals surface area (Å²) in [5, 5.41) is 3.23. The molecule has 86 valence electrons. The summed E-state index contributed by atoms with van der Waals surface area (Å²) < 4.78 is 0. The highest BCUT2D eigenvalue weighted by molar-refractivity contribution is 5.85. The molecule has 1 aliphatic rings. The van der Waals surface area contributed by atoms with Crippen molar-refractivity contribution in [1.29, 1.82) is 0 Å². The van der Waals surface area contributed by atoms with E-state index in [0.29, 0.717) is 0 Å². The van der Waals surface area contributed by atoms with E-state index in [0.717, 1.165) is 26.2 Å². The lowest BCUT2D eigenvalue weighted by molar-refractivity contribution is -0.128. The molecule has 0 aromatic rings. The number of nitrogens with one attached hydrogen (secondary N) is 1. The van der Waals surface area contributed by atoms with Crippen molar-refractivity contribution in [3.8, 4) is 0 Å². The van der Waals surface area contributed by atoms with E-state index in [9.17, 15) is 4.79 Å². The lowest BCUT2D eigenvalue weighted by atomic mass is 10.0. The largest absolute Gasteiger partial charge is 0.368 e. The Morgan fingerprint density at radius 3 is 2.07 bits per heavy atom. The van der Waals surface area contributed by atoms with Crippen LogP contribution in [0.25, 0.3) is 0 Å². The normalized spacial score (nSPS) is 17.9. The second kappa shape index (κ2) is 6.45. The first kappa shape index (κ1) is 16.4. The topological polar surface area (TPSA) is 58.4 Å². The van der Waals surface area contributed by atoms with E-state index >= 15 is 0 Å². The fourth-order valence-corrected chi connectivity index (χ4v) is 1.38.